The summed E-state index contributed by atoms with van der Waals surface area (Å²) in [6, 6.07) is 8.87. The standard InChI is InChI=1S/C18H16ClNO5/c1-10-4-5-11(2)15(8-10)17(21)12(3)25-18(22)14-7-6-13(20(23)24)9-16(14)19/h4-9,12H,1-3H3/t12-/m1/s1. The number of Topliss-reactive ketones (excluding diaryl/α,β-unsaturated/α-hetero) is 1. The molecule has 0 bridgehead atoms. The van der Waals surface area contributed by atoms with E-state index >= 15 is 0 Å². The fourth-order valence-corrected chi connectivity index (χ4v) is 2.53. The molecule has 0 unspecified atom stereocenters. The number of hydrogen-bond donors (Lipinski definition) is 0. The zero-order valence-corrected chi connectivity index (χ0v) is 14.7. The van der Waals surface area contributed by atoms with E-state index in [0.29, 0.717) is 5.56 Å². The zero-order chi connectivity index (χ0) is 18.7. The highest BCUT2D eigenvalue weighted by atomic mass is 35.5. The highest BCUT2D eigenvalue weighted by Gasteiger charge is 2.23. The van der Waals surface area contributed by atoms with Gasteiger partial charge in [0.25, 0.3) is 5.69 Å². The van der Waals surface area contributed by atoms with Crippen LogP contribution in [0.4, 0.5) is 5.69 Å². The molecule has 6 nitrogen and oxygen atoms in total. The molecule has 25 heavy (non-hydrogen) atoms. The SMILES string of the molecule is Cc1ccc(C)c(C(=O)[C@@H](C)OC(=O)c2ccc([N+](=O)[O-])cc2Cl)c1. The minimum absolute atomic E-state index is 0.0344. The molecule has 0 aliphatic carbocycles. The Labute approximate surface area is 149 Å². The number of ether oxygens (including phenoxy) is 1. The van der Waals surface area contributed by atoms with E-state index in [4.69, 9.17) is 16.3 Å². The Hall–Kier alpha value is -2.73. The third-order valence-electron chi connectivity index (χ3n) is 3.69. The van der Waals surface area contributed by atoms with Crippen molar-refractivity contribution in [1.29, 1.82) is 0 Å². The normalized spacial score (nSPS) is 11.7. The van der Waals surface area contributed by atoms with Crippen LogP contribution in [0.15, 0.2) is 36.4 Å². The third kappa shape index (κ3) is 4.22. The molecular formula is C18H16ClNO5. The van der Waals surface area contributed by atoms with Crippen molar-refractivity contribution in [3.05, 3.63) is 73.8 Å². The van der Waals surface area contributed by atoms with E-state index in [0.717, 1.165) is 23.3 Å². The number of nitrogens with zero attached hydrogens (tertiary/aromatic N) is 1. The molecule has 7 heteroatoms. The highest BCUT2D eigenvalue weighted by molar-refractivity contribution is 6.33. The minimum atomic E-state index is -1.01. The second-order valence-corrected chi connectivity index (χ2v) is 6.06. The van der Waals surface area contributed by atoms with Crippen molar-refractivity contribution in [2.45, 2.75) is 26.9 Å². The molecule has 2 rings (SSSR count). The molecule has 0 radical (unpaired) electrons. The molecule has 0 spiro atoms. The molecule has 0 heterocycles. The molecule has 2 aromatic carbocycles. The summed E-state index contributed by atoms with van der Waals surface area (Å²) in [4.78, 5) is 34.8. The fraction of sp³-hybridized carbons (Fsp3) is 0.222. The van der Waals surface area contributed by atoms with Gasteiger partial charge in [0.2, 0.25) is 5.78 Å². The number of hydrogen-bond acceptors (Lipinski definition) is 5. The summed E-state index contributed by atoms with van der Waals surface area (Å²) in [7, 11) is 0. The van der Waals surface area contributed by atoms with Crippen LogP contribution in [0, 0.1) is 24.0 Å². The summed E-state index contributed by atoms with van der Waals surface area (Å²) >= 11 is 5.90. The largest absolute Gasteiger partial charge is 0.451 e. The van der Waals surface area contributed by atoms with Crippen molar-refractivity contribution in [2.75, 3.05) is 0 Å². The lowest BCUT2D eigenvalue weighted by molar-refractivity contribution is -0.384. The van der Waals surface area contributed by atoms with E-state index in [1.165, 1.54) is 13.0 Å². The van der Waals surface area contributed by atoms with Crippen LogP contribution in [-0.2, 0) is 4.74 Å². The zero-order valence-electron chi connectivity index (χ0n) is 13.9. The van der Waals surface area contributed by atoms with Crippen molar-refractivity contribution < 1.29 is 19.2 Å². The van der Waals surface area contributed by atoms with E-state index in [1.54, 1.807) is 13.0 Å². The van der Waals surface area contributed by atoms with Crippen LogP contribution < -0.4 is 0 Å². The molecular weight excluding hydrogens is 346 g/mol. The van der Waals surface area contributed by atoms with Crippen LogP contribution in [0.1, 0.15) is 38.8 Å². The summed E-state index contributed by atoms with van der Waals surface area (Å²) in [6.07, 6.45) is -1.01. The van der Waals surface area contributed by atoms with Gasteiger partial charge >= 0.3 is 5.97 Å². The first-order valence-corrected chi connectivity index (χ1v) is 7.85. The van der Waals surface area contributed by atoms with E-state index in [2.05, 4.69) is 0 Å². The van der Waals surface area contributed by atoms with Crippen molar-refractivity contribution in [2.24, 2.45) is 0 Å². The summed E-state index contributed by atoms with van der Waals surface area (Å²) in [5.41, 5.74) is 1.92. The Bertz CT molecular complexity index is 863. The van der Waals surface area contributed by atoms with Gasteiger partial charge in [0.15, 0.2) is 6.10 Å². The second-order valence-electron chi connectivity index (χ2n) is 5.65. The number of nitro groups is 1. The van der Waals surface area contributed by atoms with Crippen molar-refractivity contribution in [3.8, 4) is 0 Å². The number of carbonyl (C=O) groups is 2. The van der Waals surface area contributed by atoms with Crippen LogP contribution in [0.25, 0.3) is 0 Å². The average molecular weight is 362 g/mol. The Morgan fingerprint density at radius 1 is 1.12 bits per heavy atom. The first kappa shape index (κ1) is 18.6. The number of aryl methyl sites for hydroxylation is 2. The summed E-state index contributed by atoms with van der Waals surface area (Å²) in [6.45, 7) is 5.14. The predicted molar refractivity (Wildman–Crippen MR) is 93.2 cm³/mol. The first-order valence-electron chi connectivity index (χ1n) is 7.47. The quantitative estimate of drug-likeness (QED) is 0.343. The van der Waals surface area contributed by atoms with Gasteiger partial charge in [-0.3, -0.25) is 14.9 Å². The van der Waals surface area contributed by atoms with Gasteiger partial charge in [0.05, 0.1) is 15.5 Å². The highest BCUT2D eigenvalue weighted by Crippen LogP contribution is 2.24. The van der Waals surface area contributed by atoms with Gasteiger partial charge in [0, 0.05) is 17.7 Å². The van der Waals surface area contributed by atoms with E-state index in [9.17, 15) is 19.7 Å². The maximum atomic E-state index is 12.5. The number of non-ortho nitro benzene ring substituents is 1. The van der Waals surface area contributed by atoms with E-state index in [1.807, 2.05) is 19.1 Å². The molecule has 0 aliphatic heterocycles. The van der Waals surface area contributed by atoms with Crippen LogP contribution in [0.2, 0.25) is 5.02 Å². The molecule has 130 valence electrons. The summed E-state index contributed by atoms with van der Waals surface area (Å²) in [5, 5.41) is 10.6. The van der Waals surface area contributed by atoms with Gasteiger partial charge in [-0.25, -0.2) is 4.79 Å². The van der Waals surface area contributed by atoms with Crippen molar-refractivity contribution >= 4 is 29.0 Å². The molecule has 0 saturated carbocycles. The van der Waals surface area contributed by atoms with Crippen LogP contribution >= 0.6 is 11.6 Å². The van der Waals surface area contributed by atoms with Crippen molar-refractivity contribution in [1.82, 2.24) is 0 Å². The summed E-state index contributed by atoms with van der Waals surface area (Å²) in [5.74, 6) is -1.14. The van der Waals surface area contributed by atoms with Gasteiger partial charge in [-0.1, -0.05) is 29.3 Å². The number of benzene rings is 2. The molecule has 0 aromatic heterocycles. The van der Waals surface area contributed by atoms with Crippen LogP contribution in [-0.4, -0.2) is 22.8 Å². The maximum absolute atomic E-state index is 12.5. The van der Waals surface area contributed by atoms with Gasteiger partial charge < -0.3 is 4.74 Å². The molecule has 0 amide bonds. The first-order chi connectivity index (χ1) is 11.7. The summed E-state index contributed by atoms with van der Waals surface area (Å²) < 4.78 is 5.19. The van der Waals surface area contributed by atoms with Crippen LogP contribution in [0.3, 0.4) is 0 Å². The smallest absolute Gasteiger partial charge is 0.340 e. The Morgan fingerprint density at radius 2 is 1.80 bits per heavy atom. The lowest BCUT2D eigenvalue weighted by Gasteiger charge is -2.14. The topological polar surface area (TPSA) is 86.5 Å². The van der Waals surface area contributed by atoms with Gasteiger partial charge in [-0.2, -0.15) is 0 Å². The lowest BCUT2D eigenvalue weighted by atomic mass is 9.99. The molecule has 0 fully saturated rings. The van der Waals surface area contributed by atoms with Crippen LogP contribution in [0.5, 0.6) is 0 Å². The molecule has 0 saturated heterocycles. The fourth-order valence-electron chi connectivity index (χ4n) is 2.28. The number of esters is 1. The maximum Gasteiger partial charge on any atom is 0.340 e. The predicted octanol–water partition coefficient (Wildman–Crippen LogP) is 4.29. The lowest BCUT2D eigenvalue weighted by Crippen LogP contribution is -2.25. The Balaban J connectivity index is 2.18. The second kappa shape index (κ2) is 7.44. The van der Waals surface area contributed by atoms with Gasteiger partial charge in [0.1, 0.15) is 0 Å². The van der Waals surface area contributed by atoms with Gasteiger partial charge in [-0.05, 0) is 38.5 Å². The van der Waals surface area contributed by atoms with Crippen molar-refractivity contribution in [3.63, 3.8) is 0 Å². The number of rotatable bonds is 5. The number of halogens is 1. The number of ketones is 1. The number of nitro benzene ring substituents is 1. The van der Waals surface area contributed by atoms with E-state index < -0.39 is 17.0 Å². The van der Waals surface area contributed by atoms with Gasteiger partial charge in [-0.15, -0.1) is 0 Å². The molecule has 2 aromatic rings. The monoisotopic (exact) mass is 361 g/mol. The Morgan fingerprint density at radius 3 is 2.40 bits per heavy atom. The molecule has 0 N–H and O–H groups in total. The Kier molecular flexibility index (Phi) is 5.54. The average Bonchev–Trinajstić information content (AvgIpc) is 2.55. The molecule has 0 aliphatic rings. The number of carbonyl (C=O) groups excluding carboxylic acids is 2. The molecule has 1 atom stereocenters. The van der Waals surface area contributed by atoms with E-state index in [-0.39, 0.29) is 22.1 Å². The minimum Gasteiger partial charge on any atom is -0.451 e. The third-order valence-corrected chi connectivity index (χ3v) is 4.01.